The number of rotatable bonds is 3. The van der Waals surface area contributed by atoms with Crippen LogP contribution in [0.25, 0.3) is 0 Å². The first-order valence-corrected chi connectivity index (χ1v) is 7.46. The molecule has 0 radical (unpaired) electrons. The number of ether oxygens (including phenoxy) is 2. The van der Waals surface area contributed by atoms with Crippen LogP contribution in [0.2, 0.25) is 0 Å². The summed E-state index contributed by atoms with van der Waals surface area (Å²) in [4.78, 5) is 14.0. The van der Waals surface area contributed by atoms with Crippen LogP contribution < -0.4 is 0 Å². The van der Waals surface area contributed by atoms with Crippen LogP contribution in [0.4, 0.5) is 13.2 Å². The highest BCUT2D eigenvalue weighted by Crippen LogP contribution is 2.40. The van der Waals surface area contributed by atoms with Gasteiger partial charge in [0.25, 0.3) is 5.91 Å². The molecule has 1 amide bonds. The first-order chi connectivity index (χ1) is 10.9. The van der Waals surface area contributed by atoms with Gasteiger partial charge in [0.05, 0.1) is 24.3 Å². The van der Waals surface area contributed by atoms with Gasteiger partial charge >= 0.3 is 6.18 Å². The third-order valence-electron chi connectivity index (χ3n) is 3.87. The average molecular weight is 349 g/mol. The van der Waals surface area contributed by atoms with E-state index in [1.807, 2.05) is 0 Å². The lowest BCUT2D eigenvalue weighted by Gasteiger charge is -2.48. The van der Waals surface area contributed by atoms with Gasteiger partial charge in [0.1, 0.15) is 5.69 Å². The van der Waals surface area contributed by atoms with E-state index in [0.29, 0.717) is 5.69 Å². The predicted molar refractivity (Wildman–Crippen MR) is 79.4 cm³/mol. The van der Waals surface area contributed by atoms with Crippen molar-refractivity contribution in [3.05, 3.63) is 17.5 Å². The molecule has 0 aliphatic carbocycles. The maximum atomic E-state index is 13.4. The van der Waals surface area contributed by atoms with E-state index in [2.05, 4.69) is 5.10 Å². The number of methoxy groups -OCH3 is 1. The van der Waals surface area contributed by atoms with Crippen LogP contribution in [-0.4, -0.2) is 58.2 Å². The number of alkyl halides is 3. The van der Waals surface area contributed by atoms with Gasteiger partial charge in [-0.2, -0.15) is 18.3 Å². The van der Waals surface area contributed by atoms with E-state index in [-0.39, 0.29) is 18.7 Å². The molecule has 0 aromatic carbocycles. The van der Waals surface area contributed by atoms with Crippen LogP contribution in [0, 0.1) is 0 Å². The zero-order chi connectivity index (χ0) is 18.3. The van der Waals surface area contributed by atoms with Gasteiger partial charge in [0, 0.05) is 26.9 Å². The summed E-state index contributed by atoms with van der Waals surface area (Å²) in [6.07, 6.45) is -3.10. The minimum Gasteiger partial charge on any atom is -0.378 e. The normalized spacial score (nSPS) is 24.2. The van der Waals surface area contributed by atoms with Gasteiger partial charge in [0.2, 0.25) is 0 Å². The Kier molecular flexibility index (Phi) is 4.71. The summed E-state index contributed by atoms with van der Waals surface area (Å²) < 4.78 is 51.9. The number of halogens is 3. The quantitative estimate of drug-likeness (QED) is 0.839. The van der Waals surface area contributed by atoms with Gasteiger partial charge in [-0.15, -0.1) is 0 Å². The Hall–Kier alpha value is -1.61. The molecule has 1 saturated heterocycles. The largest absolute Gasteiger partial charge is 0.418 e. The summed E-state index contributed by atoms with van der Waals surface area (Å²) in [5, 5.41) is 4.13. The summed E-state index contributed by atoms with van der Waals surface area (Å²) in [6, 6.07) is 0. The molecule has 24 heavy (non-hydrogen) atoms. The van der Waals surface area contributed by atoms with Crippen molar-refractivity contribution < 1.29 is 27.4 Å². The smallest absolute Gasteiger partial charge is 0.378 e. The zero-order valence-corrected chi connectivity index (χ0v) is 14.4. The Labute approximate surface area is 138 Å². The Balaban J connectivity index is 2.35. The van der Waals surface area contributed by atoms with Crippen molar-refractivity contribution in [3.8, 4) is 0 Å². The number of carbonyl (C=O) groups excluding carboxylic acids is 1. The second-order valence-corrected chi connectivity index (χ2v) is 6.85. The molecule has 9 heteroatoms. The van der Waals surface area contributed by atoms with Crippen LogP contribution >= 0.6 is 0 Å². The molecule has 1 atom stereocenters. The van der Waals surface area contributed by atoms with Gasteiger partial charge in [-0.1, -0.05) is 0 Å². The fourth-order valence-corrected chi connectivity index (χ4v) is 2.97. The fourth-order valence-electron chi connectivity index (χ4n) is 2.97. The van der Waals surface area contributed by atoms with Crippen LogP contribution in [0.1, 0.15) is 36.8 Å². The van der Waals surface area contributed by atoms with Crippen molar-refractivity contribution in [3.63, 3.8) is 0 Å². The minimum absolute atomic E-state index is 0.0544. The Bertz CT molecular complexity index is 627. The lowest BCUT2D eigenvalue weighted by molar-refractivity contribution is -0.318. The van der Waals surface area contributed by atoms with Gasteiger partial charge in [0.15, 0.2) is 5.60 Å². The number of hydrogen-bond acceptors (Lipinski definition) is 4. The molecule has 2 heterocycles. The van der Waals surface area contributed by atoms with Gasteiger partial charge < -0.3 is 14.4 Å². The van der Waals surface area contributed by atoms with E-state index in [4.69, 9.17) is 9.47 Å². The second-order valence-electron chi connectivity index (χ2n) is 6.85. The summed E-state index contributed by atoms with van der Waals surface area (Å²) in [5.74, 6) is -0.512. The molecule has 1 aromatic rings. The van der Waals surface area contributed by atoms with E-state index in [1.165, 1.54) is 36.7 Å². The number of nitrogens with zero attached hydrogens (tertiary/aromatic N) is 3. The topological polar surface area (TPSA) is 56.6 Å². The highest BCUT2D eigenvalue weighted by molar-refractivity contribution is 5.95. The molecule has 0 spiro atoms. The molecule has 0 saturated carbocycles. The molecule has 0 unspecified atom stereocenters. The van der Waals surface area contributed by atoms with E-state index in [0.717, 1.165) is 6.92 Å². The standard InChI is InChI=1S/C15H22F3N3O3/c1-13(2)8-21(9-14(3,24-13)15(16,17)18)12(22)10-6-20(4)19-11(10)7-23-5/h6H,7-9H2,1-5H3/t14-/m1/s1. The molecule has 6 nitrogen and oxygen atoms in total. The third kappa shape index (κ3) is 3.56. The van der Waals surface area contributed by atoms with Crippen molar-refractivity contribution in [2.24, 2.45) is 7.05 Å². The molecule has 1 fully saturated rings. The summed E-state index contributed by atoms with van der Waals surface area (Å²) in [7, 11) is 3.10. The Morgan fingerprint density at radius 2 is 2.00 bits per heavy atom. The molecule has 1 aliphatic rings. The average Bonchev–Trinajstić information content (AvgIpc) is 2.76. The molecular formula is C15H22F3N3O3. The molecule has 1 aliphatic heterocycles. The van der Waals surface area contributed by atoms with E-state index >= 15 is 0 Å². The number of carbonyl (C=O) groups is 1. The van der Waals surface area contributed by atoms with E-state index in [9.17, 15) is 18.0 Å². The number of hydrogen-bond donors (Lipinski definition) is 0. The van der Waals surface area contributed by atoms with E-state index < -0.39 is 29.8 Å². The lowest BCUT2D eigenvalue weighted by atomic mass is 9.96. The molecule has 1 aromatic heterocycles. The second kappa shape index (κ2) is 6.03. The summed E-state index contributed by atoms with van der Waals surface area (Å²) in [6.45, 7) is 3.63. The van der Waals surface area contributed by atoms with Gasteiger partial charge in [-0.05, 0) is 20.8 Å². The fraction of sp³-hybridized carbons (Fsp3) is 0.733. The summed E-state index contributed by atoms with van der Waals surface area (Å²) in [5.41, 5.74) is -2.92. The van der Waals surface area contributed by atoms with E-state index in [1.54, 1.807) is 7.05 Å². The molecule has 0 bridgehead atoms. The number of aryl methyl sites for hydroxylation is 1. The molecule has 136 valence electrons. The van der Waals surface area contributed by atoms with Gasteiger partial charge in [-0.25, -0.2) is 0 Å². The number of amides is 1. The van der Waals surface area contributed by atoms with Crippen molar-refractivity contribution in [2.75, 3.05) is 20.2 Å². The molecule has 2 rings (SSSR count). The lowest BCUT2D eigenvalue weighted by Crippen LogP contribution is -2.65. The molecule has 0 N–H and O–H groups in total. The van der Waals surface area contributed by atoms with Crippen LogP contribution in [0.15, 0.2) is 6.20 Å². The number of morpholine rings is 1. The monoisotopic (exact) mass is 349 g/mol. The van der Waals surface area contributed by atoms with Crippen molar-refractivity contribution in [1.29, 1.82) is 0 Å². The highest BCUT2D eigenvalue weighted by Gasteiger charge is 2.58. The highest BCUT2D eigenvalue weighted by atomic mass is 19.4. The van der Waals surface area contributed by atoms with Crippen LogP contribution in [0.5, 0.6) is 0 Å². The maximum absolute atomic E-state index is 13.4. The zero-order valence-electron chi connectivity index (χ0n) is 14.4. The van der Waals surface area contributed by atoms with Crippen molar-refractivity contribution >= 4 is 5.91 Å². The first-order valence-electron chi connectivity index (χ1n) is 7.46. The van der Waals surface area contributed by atoms with Crippen LogP contribution in [-0.2, 0) is 23.1 Å². The number of aromatic nitrogens is 2. The Morgan fingerprint density at radius 1 is 1.38 bits per heavy atom. The van der Waals surface area contributed by atoms with Crippen molar-refractivity contribution in [2.45, 2.75) is 44.8 Å². The Morgan fingerprint density at radius 3 is 2.54 bits per heavy atom. The third-order valence-corrected chi connectivity index (χ3v) is 3.87. The predicted octanol–water partition coefficient (Wildman–Crippen LogP) is 2.14. The van der Waals surface area contributed by atoms with Crippen LogP contribution in [0.3, 0.4) is 0 Å². The van der Waals surface area contributed by atoms with Gasteiger partial charge in [-0.3, -0.25) is 9.48 Å². The van der Waals surface area contributed by atoms with Crippen molar-refractivity contribution in [1.82, 2.24) is 14.7 Å². The minimum atomic E-state index is -4.59. The summed E-state index contributed by atoms with van der Waals surface area (Å²) >= 11 is 0. The molecular weight excluding hydrogens is 327 g/mol. The maximum Gasteiger partial charge on any atom is 0.418 e. The SMILES string of the molecule is COCc1nn(C)cc1C(=O)N1CC(C)(C)O[C@@](C)(C(F)(F)F)C1. The first kappa shape index (κ1) is 18.7.